The van der Waals surface area contributed by atoms with Crippen molar-refractivity contribution in [2.45, 2.75) is 0 Å². The van der Waals surface area contributed by atoms with Crippen molar-refractivity contribution in [1.82, 2.24) is 9.55 Å². The Labute approximate surface area is 145 Å². The van der Waals surface area contributed by atoms with Gasteiger partial charge in [0.25, 0.3) is 0 Å². The number of halogens is 1. The Bertz CT molecular complexity index is 1080. The maximum atomic E-state index is 11.4. The van der Waals surface area contributed by atoms with E-state index in [-0.39, 0.29) is 5.88 Å². The molecule has 0 fully saturated rings. The summed E-state index contributed by atoms with van der Waals surface area (Å²) >= 11 is 2.24. The number of H-pyrrole nitrogens is 1. The van der Waals surface area contributed by atoms with Crippen molar-refractivity contribution in [2.75, 3.05) is 0 Å². The van der Waals surface area contributed by atoms with Crippen molar-refractivity contribution < 1.29 is 5.11 Å². The highest BCUT2D eigenvalue weighted by Crippen LogP contribution is 2.45. The van der Waals surface area contributed by atoms with E-state index >= 15 is 0 Å². The summed E-state index contributed by atoms with van der Waals surface area (Å²) in [5.74, 6) is 0.112. The first-order valence-electron chi connectivity index (χ1n) is 7.03. The summed E-state index contributed by atoms with van der Waals surface area (Å²) in [6.45, 7) is 0. The summed E-state index contributed by atoms with van der Waals surface area (Å²) in [6, 6.07) is 13.3. The minimum Gasteiger partial charge on any atom is -0.494 e. The summed E-state index contributed by atoms with van der Waals surface area (Å²) in [5, 5.41) is 15.5. The van der Waals surface area contributed by atoms with Gasteiger partial charge in [0.05, 0.1) is 16.8 Å². The molecule has 23 heavy (non-hydrogen) atoms. The van der Waals surface area contributed by atoms with Crippen LogP contribution in [0.3, 0.4) is 0 Å². The average molecular weight is 417 g/mol. The second-order valence-electron chi connectivity index (χ2n) is 5.38. The lowest BCUT2D eigenvalue weighted by Crippen LogP contribution is -1.88. The fraction of sp³-hybridized carbons (Fsp3) is 0.0588. The summed E-state index contributed by atoms with van der Waals surface area (Å²) in [5.41, 5.74) is 3.22. The first kappa shape index (κ1) is 14.3. The average Bonchev–Trinajstić information content (AvgIpc) is 3.04. The van der Waals surface area contributed by atoms with Crippen LogP contribution in [0.15, 0.2) is 47.6 Å². The molecule has 4 rings (SSSR count). The van der Waals surface area contributed by atoms with Gasteiger partial charge in [0.15, 0.2) is 0 Å². The summed E-state index contributed by atoms with van der Waals surface area (Å²) in [6.07, 6.45) is 0. The minimum absolute atomic E-state index is 0.112. The Morgan fingerprint density at radius 2 is 1.87 bits per heavy atom. The summed E-state index contributed by atoms with van der Waals surface area (Å²) in [7, 11) is 1.81. The van der Waals surface area contributed by atoms with Gasteiger partial charge in [-0.2, -0.15) is 0 Å². The smallest absolute Gasteiger partial charge is 0.201 e. The molecule has 2 N–H and O–H groups in total. The molecule has 4 aromatic rings. The highest BCUT2D eigenvalue weighted by atomic mass is 127. The maximum Gasteiger partial charge on any atom is 0.201 e. The number of hydrogen-bond acceptors (Lipinski definition) is 3. The van der Waals surface area contributed by atoms with E-state index in [1.807, 2.05) is 42.5 Å². The van der Waals surface area contributed by atoms with Gasteiger partial charge in [-0.1, -0.05) is 30.3 Å². The third-order valence-electron chi connectivity index (χ3n) is 4.15. The molecule has 2 aromatic heterocycles. The second-order valence-corrected chi connectivity index (χ2v) is 6.54. The third kappa shape index (κ3) is 1.91. The predicted octanol–water partition coefficient (Wildman–Crippen LogP) is 5.03. The molecule has 5 nitrogen and oxygen atoms in total. The number of aryl methyl sites for hydroxylation is 1. The van der Waals surface area contributed by atoms with Crippen LogP contribution in [-0.2, 0) is 7.05 Å². The van der Waals surface area contributed by atoms with Crippen molar-refractivity contribution >= 4 is 50.1 Å². The van der Waals surface area contributed by atoms with Crippen LogP contribution in [0.5, 0.6) is 5.88 Å². The first-order valence-corrected chi connectivity index (χ1v) is 8.11. The van der Waals surface area contributed by atoms with Crippen LogP contribution in [0, 0.1) is 8.48 Å². The van der Waals surface area contributed by atoms with Crippen molar-refractivity contribution in [2.24, 2.45) is 12.2 Å². The number of fused-ring (bicyclic) bond motifs is 2. The lowest BCUT2D eigenvalue weighted by Gasteiger charge is -1.99. The molecule has 0 spiro atoms. The van der Waals surface area contributed by atoms with Gasteiger partial charge in [-0.15, -0.1) is 4.91 Å². The van der Waals surface area contributed by atoms with Crippen LogP contribution in [0.25, 0.3) is 33.1 Å². The lowest BCUT2D eigenvalue weighted by molar-refractivity contribution is 0.437. The minimum atomic E-state index is 0.112. The maximum absolute atomic E-state index is 11.4. The van der Waals surface area contributed by atoms with Gasteiger partial charge < -0.3 is 14.7 Å². The van der Waals surface area contributed by atoms with Crippen molar-refractivity contribution in [3.8, 4) is 17.1 Å². The number of rotatable bonds is 2. The molecule has 0 saturated heterocycles. The molecule has 0 aliphatic heterocycles. The Balaban J connectivity index is 2.18. The number of nitrogens with zero attached hydrogens (tertiary/aromatic N) is 2. The largest absolute Gasteiger partial charge is 0.494 e. The molecular formula is C17H12IN3O2. The fourth-order valence-electron chi connectivity index (χ4n) is 3.10. The first-order chi connectivity index (χ1) is 11.1. The summed E-state index contributed by atoms with van der Waals surface area (Å²) < 4.78 is 2.76. The van der Waals surface area contributed by atoms with Gasteiger partial charge in [-0.3, -0.25) is 0 Å². The quantitative estimate of drug-likeness (QED) is 0.355. The molecule has 0 unspecified atom stereocenters. The van der Waals surface area contributed by atoms with E-state index in [1.165, 1.54) is 0 Å². The molecule has 0 radical (unpaired) electrons. The van der Waals surface area contributed by atoms with Crippen LogP contribution < -0.4 is 0 Å². The number of nitroso groups, excluding NO2 is 1. The number of hydrogen-bond donors (Lipinski definition) is 2. The third-order valence-corrected chi connectivity index (χ3v) is 5.02. The number of aromatic amines is 1. The SMILES string of the molecule is Cn1c(O)c(-c2[nH]c3ccccc3c2N=O)c2cccc(I)c21. The normalized spacial score (nSPS) is 11.4. The molecule has 2 heterocycles. The Hall–Kier alpha value is -2.35. The van der Waals surface area contributed by atoms with E-state index in [0.717, 1.165) is 25.4 Å². The molecule has 114 valence electrons. The molecule has 2 aromatic carbocycles. The molecule has 0 saturated carbocycles. The van der Waals surface area contributed by atoms with Crippen LogP contribution in [0.1, 0.15) is 0 Å². The Morgan fingerprint density at radius 1 is 1.13 bits per heavy atom. The zero-order chi connectivity index (χ0) is 16.1. The zero-order valence-electron chi connectivity index (χ0n) is 12.2. The standard InChI is InChI=1S/C17H12IN3O2/c1-21-16-10(6-4-7-11(16)18)13(17(21)22)15-14(20-23)9-5-2-3-8-12(9)19-15/h2-8,19,22H,1H3. The topological polar surface area (TPSA) is 70.4 Å². The van der Waals surface area contributed by atoms with Crippen LogP contribution in [0.4, 0.5) is 5.69 Å². The van der Waals surface area contributed by atoms with E-state index in [9.17, 15) is 10.0 Å². The molecule has 0 amide bonds. The van der Waals surface area contributed by atoms with Gasteiger partial charge in [0.2, 0.25) is 5.88 Å². The number of para-hydroxylation sites is 2. The Morgan fingerprint density at radius 3 is 2.65 bits per heavy atom. The highest BCUT2D eigenvalue weighted by molar-refractivity contribution is 14.1. The van der Waals surface area contributed by atoms with Crippen molar-refractivity contribution in [3.63, 3.8) is 0 Å². The lowest BCUT2D eigenvalue weighted by atomic mass is 10.1. The van der Waals surface area contributed by atoms with Gasteiger partial charge in [0.1, 0.15) is 5.69 Å². The predicted molar refractivity (Wildman–Crippen MR) is 100 cm³/mol. The molecule has 6 heteroatoms. The molecule has 0 bridgehead atoms. The number of nitrogens with one attached hydrogen (secondary N) is 1. The van der Waals surface area contributed by atoms with E-state index in [2.05, 4.69) is 32.8 Å². The second kappa shape index (κ2) is 5.09. The number of aromatic hydroxyl groups is 1. The van der Waals surface area contributed by atoms with Crippen molar-refractivity contribution in [3.05, 3.63) is 50.9 Å². The van der Waals surface area contributed by atoms with E-state index in [4.69, 9.17) is 0 Å². The highest BCUT2D eigenvalue weighted by Gasteiger charge is 2.23. The van der Waals surface area contributed by atoms with E-state index < -0.39 is 0 Å². The Kier molecular flexibility index (Phi) is 3.15. The fourth-order valence-corrected chi connectivity index (χ4v) is 3.96. The van der Waals surface area contributed by atoms with Gasteiger partial charge >= 0.3 is 0 Å². The number of aromatic nitrogens is 2. The van der Waals surface area contributed by atoms with E-state index in [0.29, 0.717) is 16.9 Å². The zero-order valence-corrected chi connectivity index (χ0v) is 14.3. The van der Waals surface area contributed by atoms with Gasteiger partial charge in [0, 0.05) is 26.9 Å². The van der Waals surface area contributed by atoms with Gasteiger partial charge in [-0.05, 0) is 39.9 Å². The van der Waals surface area contributed by atoms with Crippen LogP contribution in [0.2, 0.25) is 0 Å². The van der Waals surface area contributed by atoms with Gasteiger partial charge in [-0.25, -0.2) is 0 Å². The molecule has 0 aliphatic rings. The monoisotopic (exact) mass is 417 g/mol. The summed E-state index contributed by atoms with van der Waals surface area (Å²) in [4.78, 5) is 14.7. The van der Waals surface area contributed by atoms with E-state index in [1.54, 1.807) is 11.6 Å². The number of benzene rings is 2. The van der Waals surface area contributed by atoms with Crippen LogP contribution in [-0.4, -0.2) is 14.7 Å². The molecule has 0 aliphatic carbocycles. The van der Waals surface area contributed by atoms with Crippen molar-refractivity contribution in [1.29, 1.82) is 0 Å². The molecular weight excluding hydrogens is 405 g/mol. The molecule has 0 atom stereocenters. The van der Waals surface area contributed by atoms with Crippen LogP contribution >= 0.6 is 22.6 Å².